The predicted molar refractivity (Wildman–Crippen MR) is 137 cm³/mol. The van der Waals surface area contributed by atoms with Crippen LogP contribution in [0.5, 0.6) is 0 Å². The molecule has 1 aromatic carbocycles. The van der Waals surface area contributed by atoms with Gasteiger partial charge in [0.1, 0.15) is 11.6 Å². The molecule has 0 fully saturated rings. The molecule has 0 spiro atoms. The van der Waals surface area contributed by atoms with Gasteiger partial charge in [0.2, 0.25) is 0 Å². The summed E-state index contributed by atoms with van der Waals surface area (Å²) < 4.78 is 65.4. The Labute approximate surface area is 209 Å². The van der Waals surface area contributed by atoms with Crippen LogP contribution < -0.4 is 0 Å². The molecular formula is C26H18F4S4. The van der Waals surface area contributed by atoms with Crippen molar-refractivity contribution in [2.75, 3.05) is 0 Å². The van der Waals surface area contributed by atoms with Gasteiger partial charge in [-0.2, -0.15) is 0 Å². The van der Waals surface area contributed by atoms with Crippen LogP contribution in [0.15, 0.2) is 0 Å². The standard InChI is InChI=1S/C26H18F4S4/c1-7-15(27)23-21(31-7)13-19(33-23)9-11(25(13,3)4)18(30)10-12(17(9)29)26(5,6)14-20(10)34-24-16(28)8(2)32-22(14)24/h1-6H3. The maximum Gasteiger partial charge on any atom is 0.154 e. The van der Waals surface area contributed by atoms with E-state index in [0.717, 1.165) is 20.5 Å². The summed E-state index contributed by atoms with van der Waals surface area (Å²) in [6.07, 6.45) is 0. The summed E-state index contributed by atoms with van der Waals surface area (Å²) >= 11 is 5.15. The number of halogens is 4. The molecule has 2 aliphatic rings. The molecule has 0 N–H and O–H groups in total. The van der Waals surface area contributed by atoms with Crippen molar-refractivity contribution >= 4 is 64.1 Å². The van der Waals surface area contributed by atoms with E-state index in [2.05, 4.69) is 0 Å². The van der Waals surface area contributed by atoms with Crippen LogP contribution in [0.2, 0.25) is 0 Å². The summed E-state index contributed by atoms with van der Waals surface area (Å²) in [5.74, 6) is -1.39. The molecule has 5 aromatic rings. The smallest absolute Gasteiger partial charge is 0.154 e. The van der Waals surface area contributed by atoms with E-state index in [1.807, 2.05) is 27.7 Å². The molecule has 0 saturated heterocycles. The van der Waals surface area contributed by atoms with Crippen molar-refractivity contribution in [1.29, 1.82) is 0 Å². The molecule has 4 aromatic heterocycles. The largest absolute Gasteiger partial charge is 0.206 e. The molecule has 0 atom stereocenters. The van der Waals surface area contributed by atoms with Gasteiger partial charge in [0, 0.05) is 52.6 Å². The van der Waals surface area contributed by atoms with E-state index in [-0.39, 0.29) is 22.8 Å². The van der Waals surface area contributed by atoms with Crippen LogP contribution in [0.3, 0.4) is 0 Å². The lowest BCUT2D eigenvalue weighted by Gasteiger charge is -2.26. The second-order valence-electron chi connectivity index (χ2n) is 10.3. The lowest BCUT2D eigenvalue weighted by atomic mass is 9.78. The fourth-order valence-electron chi connectivity index (χ4n) is 6.06. The first-order chi connectivity index (χ1) is 15.9. The van der Waals surface area contributed by atoms with Gasteiger partial charge >= 0.3 is 0 Å². The molecule has 4 heterocycles. The molecular weight excluding hydrogens is 517 g/mol. The van der Waals surface area contributed by atoms with E-state index in [4.69, 9.17) is 0 Å². The molecule has 0 saturated carbocycles. The Morgan fingerprint density at radius 2 is 0.824 bits per heavy atom. The van der Waals surface area contributed by atoms with Crippen molar-refractivity contribution in [3.8, 4) is 20.9 Å². The van der Waals surface area contributed by atoms with Crippen LogP contribution in [0.1, 0.15) is 59.7 Å². The van der Waals surface area contributed by atoms with Gasteiger partial charge in [-0.1, -0.05) is 27.7 Å². The fraction of sp³-hybridized carbons (Fsp3) is 0.308. The van der Waals surface area contributed by atoms with Gasteiger partial charge in [-0.15, -0.1) is 45.3 Å². The summed E-state index contributed by atoms with van der Waals surface area (Å²) in [7, 11) is 0. The van der Waals surface area contributed by atoms with Gasteiger partial charge in [-0.25, -0.2) is 17.6 Å². The minimum Gasteiger partial charge on any atom is -0.206 e. The summed E-state index contributed by atoms with van der Waals surface area (Å²) in [4.78, 5) is 2.43. The van der Waals surface area contributed by atoms with E-state index in [9.17, 15) is 8.78 Å². The Kier molecular flexibility index (Phi) is 3.89. The third kappa shape index (κ3) is 2.13. The van der Waals surface area contributed by atoms with Crippen LogP contribution in [0, 0.1) is 37.1 Å². The second kappa shape index (κ2) is 6.14. The van der Waals surface area contributed by atoms with E-state index in [0.29, 0.717) is 40.0 Å². The van der Waals surface area contributed by atoms with Gasteiger partial charge in [-0.05, 0) is 25.0 Å². The molecule has 0 aliphatic heterocycles. The molecule has 174 valence electrons. The molecule has 0 amide bonds. The lowest BCUT2D eigenvalue weighted by Crippen LogP contribution is -2.21. The van der Waals surface area contributed by atoms with Crippen LogP contribution in [-0.4, -0.2) is 0 Å². The Morgan fingerprint density at radius 1 is 0.471 bits per heavy atom. The summed E-state index contributed by atoms with van der Waals surface area (Å²) in [5.41, 5.74) is 1.18. The zero-order chi connectivity index (χ0) is 24.2. The molecule has 0 radical (unpaired) electrons. The number of aryl methyl sites for hydroxylation is 2. The molecule has 8 heteroatoms. The van der Waals surface area contributed by atoms with Crippen LogP contribution in [-0.2, 0) is 10.8 Å². The first-order valence-electron chi connectivity index (χ1n) is 10.9. The van der Waals surface area contributed by atoms with Crippen molar-refractivity contribution in [2.45, 2.75) is 52.4 Å². The third-order valence-corrected chi connectivity index (χ3v) is 12.4. The minimum atomic E-state index is -0.823. The Balaban J connectivity index is 1.63. The normalized spacial score (nSPS) is 17.0. The summed E-state index contributed by atoms with van der Waals surface area (Å²) in [6.45, 7) is 11.0. The zero-order valence-electron chi connectivity index (χ0n) is 19.1. The highest BCUT2D eigenvalue weighted by molar-refractivity contribution is 7.30. The third-order valence-electron chi connectivity index (χ3n) is 7.59. The maximum absolute atomic E-state index is 16.6. The summed E-state index contributed by atoms with van der Waals surface area (Å²) in [5, 5.41) is 0. The number of thiophene rings is 4. The van der Waals surface area contributed by atoms with Crippen molar-refractivity contribution in [3.63, 3.8) is 0 Å². The van der Waals surface area contributed by atoms with Gasteiger partial charge < -0.3 is 0 Å². The molecule has 0 unspecified atom stereocenters. The summed E-state index contributed by atoms with van der Waals surface area (Å²) in [6, 6.07) is 0. The first kappa shape index (κ1) is 21.5. The van der Waals surface area contributed by atoms with Crippen molar-refractivity contribution in [3.05, 3.63) is 55.3 Å². The number of rotatable bonds is 0. The minimum absolute atomic E-state index is 0.265. The topological polar surface area (TPSA) is 0 Å². The molecule has 7 rings (SSSR count). The SMILES string of the molecule is Cc1sc2c3c(sc2c1F)-c1c(F)c2c(c(F)c1C3(C)C)-c1sc3c(F)c(C)sc3c1C2(C)C. The van der Waals surface area contributed by atoms with E-state index >= 15 is 8.78 Å². The van der Waals surface area contributed by atoms with E-state index in [1.54, 1.807) is 13.8 Å². The molecule has 34 heavy (non-hydrogen) atoms. The highest BCUT2D eigenvalue weighted by atomic mass is 32.1. The Morgan fingerprint density at radius 3 is 1.18 bits per heavy atom. The van der Waals surface area contributed by atoms with Crippen LogP contribution >= 0.6 is 45.3 Å². The Hall–Kier alpha value is -1.74. The maximum atomic E-state index is 16.6. The van der Waals surface area contributed by atoms with Crippen molar-refractivity contribution in [1.82, 2.24) is 0 Å². The van der Waals surface area contributed by atoms with Gasteiger partial charge in [0.15, 0.2) is 11.6 Å². The fourth-order valence-corrected chi connectivity index (χ4v) is 11.9. The predicted octanol–water partition coefficient (Wildman–Crippen LogP) is 10.0. The van der Waals surface area contributed by atoms with Crippen LogP contribution in [0.25, 0.3) is 39.7 Å². The highest BCUT2D eigenvalue weighted by Crippen LogP contribution is 2.65. The lowest BCUT2D eigenvalue weighted by molar-refractivity contribution is 0.531. The molecule has 2 aliphatic carbocycles. The molecule has 0 bridgehead atoms. The van der Waals surface area contributed by atoms with E-state index < -0.39 is 22.5 Å². The quantitative estimate of drug-likeness (QED) is 0.173. The van der Waals surface area contributed by atoms with Crippen molar-refractivity contribution in [2.24, 2.45) is 0 Å². The number of hydrogen-bond acceptors (Lipinski definition) is 4. The van der Waals surface area contributed by atoms with Gasteiger partial charge in [-0.3, -0.25) is 0 Å². The average molecular weight is 535 g/mol. The van der Waals surface area contributed by atoms with Gasteiger partial charge in [0.25, 0.3) is 0 Å². The molecule has 0 nitrogen and oxygen atoms in total. The Bertz CT molecular complexity index is 1640. The first-order valence-corrected chi connectivity index (χ1v) is 14.2. The van der Waals surface area contributed by atoms with Crippen molar-refractivity contribution < 1.29 is 17.6 Å². The van der Waals surface area contributed by atoms with Gasteiger partial charge in [0.05, 0.1) is 18.8 Å². The highest BCUT2D eigenvalue weighted by Gasteiger charge is 2.51. The van der Waals surface area contributed by atoms with E-state index in [1.165, 1.54) is 45.3 Å². The number of fused-ring (bicyclic) bond motifs is 10. The number of hydrogen-bond donors (Lipinski definition) is 0. The zero-order valence-corrected chi connectivity index (χ0v) is 22.4. The average Bonchev–Trinajstić information content (AvgIpc) is 3.51. The number of benzene rings is 1. The van der Waals surface area contributed by atoms with Crippen LogP contribution in [0.4, 0.5) is 17.6 Å². The monoisotopic (exact) mass is 534 g/mol. The second-order valence-corrected chi connectivity index (χ2v) is 14.7.